The molecular weight excluding hydrogens is 368 g/mol. The second-order valence-corrected chi connectivity index (χ2v) is 7.86. The van der Waals surface area contributed by atoms with Crippen LogP contribution in [0.4, 0.5) is 0 Å². The van der Waals surface area contributed by atoms with Gasteiger partial charge in [0.15, 0.2) is 5.78 Å². The molecule has 1 N–H and O–H groups in total. The fourth-order valence-electron chi connectivity index (χ4n) is 4.82. The molecular formula is C28H18O2. The maximum atomic E-state index is 13.5. The summed E-state index contributed by atoms with van der Waals surface area (Å²) in [4.78, 5) is 13.5. The van der Waals surface area contributed by atoms with Crippen LogP contribution in [0, 0.1) is 0 Å². The lowest BCUT2D eigenvalue weighted by molar-refractivity contribution is 0.0953. The number of rotatable bonds is 1. The molecule has 5 aromatic carbocycles. The average Bonchev–Trinajstić information content (AvgIpc) is 2.81. The summed E-state index contributed by atoms with van der Waals surface area (Å²) >= 11 is 0. The Hall–Kier alpha value is -3.75. The monoisotopic (exact) mass is 386 g/mol. The number of fused-ring (bicyclic) bond motifs is 5. The van der Waals surface area contributed by atoms with E-state index in [-0.39, 0.29) is 5.78 Å². The molecule has 5 aromatic rings. The highest BCUT2D eigenvalue weighted by molar-refractivity contribution is 6.20. The van der Waals surface area contributed by atoms with Crippen molar-refractivity contribution in [2.75, 3.05) is 0 Å². The molecule has 0 amide bonds. The third-order valence-corrected chi connectivity index (χ3v) is 6.27. The van der Waals surface area contributed by atoms with Crippen LogP contribution in [0.15, 0.2) is 103 Å². The molecule has 6 rings (SSSR count). The minimum absolute atomic E-state index is 0.0390. The minimum Gasteiger partial charge on any atom is -0.376 e. The van der Waals surface area contributed by atoms with Gasteiger partial charge in [-0.15, -0.1) is 0 Å². The van der Waals surface area contributed by atoms with E-state index in [0.29, 0.717) is 22.3 Å². The van der Waals surface area contributed by atoms with E-state index < -0.39 is 5.60 Å². The van der Waals surface area contributed by atoms with E-state index in [0.717, 1.165) is 27.1 Å². The Kier molecular flexibility index (Phi) is 3.50. The van der Waals surface area contributed by atoms with Crippen LogP contribution in [0.5, 0.6) is 0 Å². The molecule has 0 aliphatic heterocycles. The summed E-state index contributed by atoms with van der Waals surface area (Å²) in [5, 5.41) is 16.4. The molecule has 1 unspecified atom stereocenters. The van der Waals surface area contributed by atoms with Gasteiger partial charge < -0.3 is 5.11 Å². The van der Waals surface area contributed by atoms with Crippen molar-refractivity contribution in [2.45, 2.75) is 5.60 Å². The SMILES string of the molecule is O=C1c2ccccc2C(O)(c2ccc3ccccc3c2)c2ccc3ccccc3c21. The highest BCUT2D eigenvalue weighted by Gasteiger charge is 2.44. The van der Waals surface area contributed by atoms with Crippen LogP contribution in [-0.4, -0.2) is 10.9 Å². The lowest BCUT2D eigenvalue weighted by Crippen LogP contribution is -2.36. The molecule has 0 saturated heterocycles. The molecule has 0 radical (unpaired) electrons. The summed E-state index contributed by atoms with van der Waals surface area (Å²) in [5.41, 5.74) is 1.76. The number of ketones is 1. The van der Waals surface area contributed by atoms with Gasteiger partial charge in [0, 0.05) is 22.3 Å². The molecule has 2 heteroatoms. The molecule has 2 nitrogen and oxygen atoms in total. The molecule has 0 aromatic heterocycles. The quantitative estimate of drug-likeness (QED) is 0.394. The summed E-state index contributed by atoms with van der Waals surface area (Å²) in [6.45, 7) is 0. The predicted molar refractivity (Wildman–Crippen MR) is 120 cm³/mol. The van der Waals surface area contributed by atoms with Gasteiger partial charge in [0.05, 0.1) is 0 Å². The third kappa shape index (κ3) is 2.20. The normalized spacial score (nSPS) is 17.7. The molecule has 1 atom stereocenters. The van der Waals surface area contributed by atoms with Crippen LogP contribution < -0.4 is 0 Å². The maximum absolute atomic E-state index is 13.5. The van der Waals surface area contributed by atoms with Crippen molar-refractivity contribution < 1.29 is 9.90 Å². The number of benzene rings is 5. The summed E-state index contributed by atoms with van der Waals surface area (Å²) < 4.78 is 0. The van der Waals surface area contributed by atoms with Crippen LogP contribution in [0.25, 0.3) is 21.5 Å². The molecule has 0 bridgehead atoms. The van der Waals surface area contributed by atoms with Crippen LogP contribution >= 0.6 is 0 Å². The Bertz CT molecular complexity index is 1480. The van der Waals surface area contributed by atoms with E-state index in [9.17, 15) is 9.90 Å². The number of carbonyl (C=O) groups is 1. The van der Waals surface area contributed by atoms with Gasteiger partial charge in [-0.1, -0.05) is 97.1 Å². The first-order chi connectivity index (χ1) is 14.7. The topological polar surface area (TPSA) is 37.3 Å². The second-order valence-electron chi connectivity index (χ2n) is 7.86. The highest BCUT2D eigenvalue weighted by atomic mass is 16.3. The largest absolute Gasteiger partial charge is 0.376 e. The zero-order valence-electron chi connectivity index (χ0n) is 16.2. The van der Waals surface area contributed by atoms with Gasteiger partial charge in [-0.3, -0.25) is 4.79 Å². The van der Waals surface area contributed by atoms with Crippen LogP contribution in [0.1, 0.15) is 32.6 Å². The third-order valence-electron chi connectivity index (χ3n) is 6.27. The van der Waals surface area contributed by atoms with Crippen LogP contribution in [0.2, 0.25) is 0 Å². The number of hydrogen-bond donors (Lipinski definition) is 1. The summed E-state index contributed by atoms with van der Waals surface area (Å²) in [7, 11) is 0. The Balaban J connectivity index is 1.75. The minimum atomic E-state index is -1.41. The second kappa shape index (κ2) is 6.12. The van der Waals surface area contributed by atoms with Crippen molar-refractivity contribution in [3.63, 3.8) is 0 Å². The van der Waals surface area contributed by atoms with Gasteiger partial charge in [0.1, 0.15) is 5.60 Å². The van der Waals surface area contributed by atoms with Crippen molar-refractivity contribution in [1.29, 1.82) is 0 Å². The fourth-order valence-corrected chi connectivity index (χ4v) is 4.82. The maximum Gasteiger partial charge on any atom is 0.194 e. The van der Waals surface area contributed by atoms with Crippen molar-refractivity contribution in [1.82, 2.24) is 0 Å². The van der Waals surface area contributed by atoms with Crippen molar-refractivity contribution in [2.24, 2.45) is 0 Å². The van der Waals surface area contributed by atoms with Gasteiger partial charge in [0.25, 0.3) is 0 Å². The zero-order chi connectivity index (χ0) is 20.3. The zero-order valence-corrected chi connectivity index (χ0v) is 16.2. The number of aliphatic hydroxyl groups is 1. The lowest BCUT2D eigenvalue weighted by atomic mass is 9.69. The smallest absolute Gasteiger partial charge is 0.194 e. The van der Waals surface area contributed by atoms with Crippen molar-refractivity contribution in [3.05, 3.63) is 131 Å². The Morgan fingerprint density at radius 3 is 2.13 bits per heavy atom. The van der Waals surface area contributed by atoms with E-state index in [1.165, 1.54) is 0 Å². The Morgan fingerprint density at radius 1 is 0.600 bits per heavy atom. The van der Waals surface area contributed by atoms with Gasteiger partial charge >= 0.3 is 0 Å². The van der Waals surface area contributed by atoms with Gasteiger partial charge in [-0.05, 0) is 33.2 Å². The number of carbonyl (C=O) groups excluding carboxylic acids is 1. The standard InChI is InChI=1S/C28H18O2/c29-27-23-11-5-6-12-24(23)28(30,21-15-13-18-7-1-2-9-20(18)17-21)25-16-14-19-8-3-4-10-22(19)26(25)27/h1-17,30H. The first kappa shape index (κ1) is 17.1. The van der Waals surface area contributed by atoms with E-state index in [1.807, 2.05) is 97.1 Å². The first-order valence-corrected chi connectivity index (χ1v) is 10.1. The van der Waals surface area contributed by atoms with Gasteiger partial charge in [-0.25, -0.2) is 0 Å². The van der Waals surface area contributed by atoms with Gasteiger partial charge in [0.2, 0.25) is 0 Å². The Morgan fingerprint density at radius 2 is 1.27 bits per heavy atom. The highest BCUT2D eigenvalue weighted by Crippen LogP contribution is 2.46. The first-order valence-electron chi connectivity index (χ1n) is 10.1. The van der Waals surface area contributed by atoms with Gasteiger partial charge in [-0.2, -0.15) is 0 Å². The van der Waals surface area contributed by atoms with E-state index in [2.05, 4.69) is 6.07 Å². The van der Waals surface area contributed by atoms with Crippen molar-refractivity contribution in [3.8, 4) is 0 Å². The van der Waals surface area contributed by atoms with Crippen molar-refractivity contribution >= 4 is 27.3 Å². The summed E-state index contributed by atoms with van der Waals surface area (Å²) in [6, 6.07) is 33.3. The molecule has 30 heavy (non-hydrogen) atoms. The molecule has 1 aliphatic rings. The van der Waals surface area contributed by atoms with E-state index >= 15 is 0 Å². The molecule has 0 fully saturated rings. The molecule has 0 spiro atoms. The Labute approximate surface area is 174 Å². The molecule has 1 aliphatic carbocycles. The van der Waals surface area contributed by atoms with Crippen LogP contribution in [0.3, 0.4) is 0 Å². The lowest BCUT2D eigenvalue weighted by Gasteiger charge is -2.37. The number of hydrogen-bond acceptors (Lipinski definition) is 2. The summed E-state index contributed by atoms with van der Waals surface area (Å²) in [6.07, 6.45) is 0. The van der Waals surface area contributed by atoms with E-state index in [1.54, 1.807) is 0 Å². The molecule has 0 heterocycles. The van der Waals surface area contributed by atoms with Crippen LogP contribution in [-0.2, 0) is 5.60 Å². The predicted octanol–water partition coefficient (Wildman–Crippen LogP) is 5.82. The average molecular weight is 386 g/mol. The molecule has 0 saturated carbocycles. The molecule has 142 valence electrons. The summed E-state index contributed by atoms with van der Waals surface area (Å²) in [5.74, 6) is -0.0390. The van der Waals surface area contributed by atoms with E-state index in [4.69, 9.17) is 0 Å². The fraction of sp³-hybridized carbons (Fsp3) is 0.0357.